The van der Waals surface area contributed by atoms with Gasteiger partial charge < -0.3 is 20.3 Å². The van der Waals surface area contributed by atoms with Gasteiger partial charge in [0.2, 0.25) is 5.91 Å². The average molecular weight is 450 g/mol. The molecule has 4 rings (SSSR count). The molecule has 2 bridgehead atoms. The molecule has 1 saturated heterocycles. The molecule has 0 aliphatic carbocycles. The van der Waals surface area contributed by atoms with Crippen LogP contribution in [0.25, 0.3) is 0 Å². The molecule has 2 heterocycles. The number of amides is 3. The smallest absolute Gasteiger partial charge is 0.251 e. The Labute approximate surface area is 194 Å². The molecule has 2 aromatic carbocycles. The highest BCUT2D eigenvalue weighted by Gasteiger charge is 2.20. The van der Waals surface area contributed by atoms with E-state index in [1.807, 2.05) is 36.4 Å². The number of carbonyl (C=O) groups is 3. The summed E-state index contributed by atoms with van der Waals surface area (Å²) in [6, 6.07) is 13.1. The number of benzene rings is 2. The van der Waals surface area contributed by atoms with Crippen molar-refractivity contribution in [2.24, 2.45) is 0 Å². The number of carbonyl (C=O) groups excluding carboxylic acids is 3. The number of hydrogen-bond acceptors (Lipinski definition) is 4. The molecule has 174 valence electrons. The highest BCUT2D eigenvalue weighted by atomic mass is 16.5. The predicted octanol–water partition coefficient (Wildman–Crippen LogP) is 2.92. The molecule has 1 fully saturated rings. The second-order valence-electron chi connectivity index (χ2n) is 8.60. The summed E-state index contributed by atoms with van der Waals surface area (Å²) >= 11 is 0. The molecule has 0 spiro atoms. The Morgan fingerprint density at radius 1 is 1.06 bits per heavy atom. The van der Waals surface area contributed by atoms with E-state index >= 15 is 0 Å². The lowest BCUT2D eigenvalue weighted by molar-refractivity contribution is -0.127. The van der Waals surface area contributed by atoms with Crippen LogP contribution in [0, 0.1) is 0 Å². The summed E-state index contributed by atoms with van der Waals surface area (Å²) in [6.07, 6.45) is 4.82. The topological polar surface area (TPSA) is 87.7 Å². The summed E-state index contributed by atoms with van der Waals surface area (Å²) in [6.45, 7) is 2.98. The number of nitrogens with one attached hydrogen (secondary N) is 2. The molecule has 0 aromatic heterocycles. The van der Waals surface area contributed by atoms with Crippen molar-refractivity contribution in [3.8, 4) is 5.75 Å². The van der Waals surface area contributed by atoms with E-state index in [0.29, 0.717) is 50.2 Å². The van der Waals surface area contributed by atoms with Crippen molar-refractivity contribution in [3.05, 3.63) is 64.7 Å². The Balaban J connectivity index is 1.50. The lowest BCUT2D eigenvalue weighted by Crippen LogP contribution is -2.35. The van der Waals surface area contributed by atoms with Crippen LogP contribution >= 0.6 is 0 Å². The van der Waals surface area contributed by atoms with Gasteiger partial charge in [-0.25, -0.2) is 0 Å². The van der Waals surface area contributed by atoms with Crippen molar-refractivity contribution in [1.29, 1.82) is 0 Å². The van der Waals surface area contributed by atoms with Gasteiger partial charge in [0.1, 0.15) is 5.75 Å². The molecule has 2 aliphatic heterocycles. The molecule has 7 nitrogen and oxygen atoms in total. The van der Waals surface area contributed by atoms with Crippen molar-refractivity contribution >= 4 is 17.7 Å². The van der Waals surface area contributed by atoms with Crippen LogP contribution in [-0.4, -0.2) is 55.4 Å². The first-order chi connectivity index (χ1) is 16.1. The molecule has 0 unspecified atom stereocenters. The second kappa shape index (κ2) is 11.0. The van der Waals surface area contributed by atoms with Crippen LogP contribution in [-0.2, 0) is 11.2 Å². The molecule has 33 heavy (non-hydrogen) atoms. The highest BCUT2D eigenvalue weighted by molar-refractivity contribution is 5.95. The zero-order valence-corrected chi connectivity index (χ0v) is 18.9. The van der Waals surface area contributed by atoms with Crippen molar-refractivity contribution < 1.29 is 19.1 Å². The lowest BCUT2D eigenvalue weighted by Gasteiger charge is -2.17. The molecule has 2 N–H and O–H groups in total. The standard InChI is InChI=1S/C26H31N3O4/c30-24-8-5-13-29(24)14-12-28-26(32)21-9-10-23-22(18-21)17-19-6-4-7-20(16-19)25(31)27-11-2-1-3-15-33-23/h4,6-7,9-10,16,18H,1-3,5,8,11-15,17H2,(H,27,31)(H,28,32). The van der Waals surface area contributed by atoms with E-state index in [4.69, 9.17) is 4.74 Å². The van der Waals surface area contributed by atoms with Crippen LogP contribution in [0.2, 0.25) is 0 Å². The van der Waals surface area contributed by atoms with Crippen molar-refractivity contribution in [2.75, 3.05) is 32.8 Å². The average Bonchev–Trinajstić information content (AvgIpc) is 3.23. The summed E-state index contributed by atoms with van der Waals surface area (Å²) in [5, 5.41) is 5.90. The summed E-state index contributed by atoms with van der Waals surface area (Å²) in [5.74, 6) is 0.691. The largest absolute Gasteiger partial charge is 0.493 e. The Bertz CT molecular complexity index is 1020. The van der Waals surface area contributed by atoms with Gasteiger partial charge in [-0.15, -0.1) is 0 Å². The van der Waals surface area contributed by atoms with Crippen LogP contribution < -0.4 is 15.4 Å². The van der Waals surface area contributed by atoms with Gasteiger partial charge >= 0.3 is 0 Å². The van der Waals surface area contributed by atoms with E-state index in [9.17, 15) is 14.4 Å². The minimum absolute atomic E-state index is 0.0602. The molecule has 2 aliphatic rings. The van der Waals surface area contributed by atoms with Gasteiger partial charge in [-0.3, -0.25) is 14.4 Å². The predicted molar refractivity (Wildman–Crippen MR) is 126 cm³/mol. The van der Waals surface area contributed by atoms with E-state index in [2.05, 4.69) is 10.6 Å². The molecular formula is C26H31N3O4. The number of fused-ring (bicyclic) bond motifs is 3. The number of ether oxygens (including phenoxy) is 1. The lowest BCUT2D eigenvalue weighted by atomic mass is 9.99. The number of likely N-dealkylation sites (tertiary alicyclic amines) is 1. The first-order valence-corrected chi connectivity index (χ1v) is 11.8. The zero-order valence-electron chi connectivity index (χ0n) is 18.9. The SMILES string of the molecule is O=C1NCCCCCOc2ccc(C(=O)NCCN3CCCC3=O)cc2Cc2cccc1c2. The molecular weight excluding hydrogens is 418 g/mol. The normalized spacial score (nSPS) is 16.9. The third-order valence-corrected chi connectivity index (χ3v) is 6.11. The van der Waals surface area contributed by atoms with Crippen molar-refractivity contribution in [3.63, 3.8) is 0 Å². The fourth-order valence-electron chi connectivity index (χ4n) is 4.28. The molecule has 0 atom stereocenters. The number of nitrogens with zero attached hydrogens (tertiary/aromatic N) is 1. The van der Waals surface area contributed by atoms with Gasteiger partial charge in [0.15, 0.2) is 0 Å². The van der Waals surface area contributed by atoms with Gasteiger partial charge in [-0.2, -0.15) is 0 Å². The summed E-state index contributed by atoms with van der Waals surface area (Å²) in [5.41, 5.74) is 3.08. The van der Waals surface area contributed by atoms with E-state index in [-0.39, 0.29) is 17.7 Å². The maximum Gasteiger partial charge on any atom is 0.251 e. The monoisotopic (exact) mass is 449 g/mol. The third kappa shape index (κ3) is 6.12. The fourth-order valence-corrected chi connectivity index (χ4v) is 4.28. The Morgan fingerprint density at radius 3 is 2.82 bits per heavy atom. The summed E-state index contributed by atoms with van der Waals surface area (Å²) in [7, 11) is 0. The minimum atomic E-state index is -0.169. The molecule has 3 amide bonds. The van der Waals surface area contributed by atoms with E-state index in [1.165, 1.54) is 0 Å². The maximum absolute atomic E-state index is 12.8. The van der Waals surface area contributed by atoms with Gasteiger partial charge in [0.25, 0.3) is 11.8 Å². The van der Waals surface area contributed by atoms with Crippen LogP contribution in [0.1, 0.15) is 63.9 Å². The van der Waals surface area contributed by atoms with E-state index < -0.39 is 0 Å². The Hall–Kier alpha value is -3.35. The first-order valence-electron chi connectivity index (χ1n) is 11.8. The minimum Gasteiger partial charge on any atom is -0.493 e. The van der Waals surface area contributed by atoms with E-state index in [0.717, 1.165) is 49.1 Å². The molecule has 2 aromatic rings. The summed E-state index contributed by atoms with van der Waals surface area (Å²) < 4.78 is 6.06. The van der Waals surface area contributed by atoms with Gasteiger partial charge in [-0.1, -0.05) is 12.1 Å². The van der Waals surface area contributed by atoms with Crippen molar-refractivity contribution in [2.45, 2.75) is 38.5 Å². The third-order valence-electron chi connectivity index (χ3n) is 6.11. The quantitative estimate of drug-likeness (QED) is 0.751. The van der Waals surface area contributed by atoms with Crippen molar-refractivity contribution in [1.82, 2.24) is 15.5 Å². The summed E-state index contributed by atoms with van der Waals surface area (Å²) in [4.78, 5) is 38.7. The van der Waals surface area contributed by atoms with Gasteiger partial charge in [-0.05, 0) is 67.1 Å². The highest BCUT2D eigenvalue weighted by Crippen LogP contribution is 2.25. The molecule has 0 radical (unpaired) electrons. The molecule has 7 heteroatoms. The Kier molecular flexibility index (Phi) is 7.60. The second-order valence-corrected chi connectivity index (χ2v) is 8.60. The molecule has 0 saturated carbocycles. The van der Waals surface area contributed by atoms with Crippen LogP contribution in [0.4, 0.5) is 0 Å². The number of rotatable bonds is 4. The Morgan fingerprint density at radius 2 is 1.97 bits per heavy atom. The first kappa shape index (κ1) is 22.8. The number of hydrogen-bond donors (Lipinski definition) is 2. The van der Waals surface area contributed by atoms with Crippen LogP contribution in [0.3, 0.4) is 0 Å². The van der Waals surface area contributed by atoms with Gasteiger partial charge in [0, 0.05) is 50.1 Å². The van der Waals surface area contributed by atoms with E-state index in [1.54, 1.807) is 11.0 Å². The maximum atomic E-state index is 12.8. The van der Waals surface area contributed by atoms with Crippen LogP contribution in [0.5, 0.6) is 5.75 Å². The van der Waals surface area contributed by atoms with Crippen LogP contribution in [0.15, 0.2) is 42.5 Å². The fraction of sp³-hybridized carbons (Fsp3) is 0.423. The zero-order chi connectivity index (χ0) is 23.0. The van der Waals surface area contributed by atoms with Gasteiger partial charge in [0.05, 0.1) is 6.61 Å².